The molecule has 1 aliphatic heterocycles. The number of anilines is 2. The highest BCUT2D eigenvalue weighted by Gasteiger charge is 2.23. The molecule has 1 amide bonds. The van der Waals surface area contributed by atoms with Gasteiger partial charge in [0.2, 0.25) is 0 Å². The molecular formula is C30H38N4O5. The number of carbonyl (C=O) groups is 1. The average Bonchev–Trinajstić information content (AvgIpc) is 2.96. The number of hydroxylamine groups is 2. The molecule has 9 heteroatoms. The first kappa shape index (κ1) is 28.2. The number of amides is 1. The van der Waals surface area contributed by atoms with Crippen LogP contribution in [0.25, 0.3) is 0 Å². The Labute approximate surface area is 230 Å². The number of rotatable bonds is 11. The summed E-state index contributed by atoms with van der Waals surface area (Å²) >= 11 is 0. The highest BCUT2D eigenvalue weighted by atomic mass is 16.7. The molecule has 0 saturated carbocycles. The van der Waals surface area contributed by atoms with Crippen LogP contribution in [-0.4, -0.2) is 67.2 Å². The van der Waals surface area contributed by atoms with Gasteiger partial charge < -0.3 is 25.2 Å². The van der Waals surface area contributed by atoms with Crippen molar-refractivity contribution < 1.29 is 24.2 Å². The molecule has 1 saturated heterocycles. The molecule has 1 aliphatic rings. The number of ether oxygens (including phenoxy) is 2. The number of hydrogen-bond acceptors (Lipinski definition) is 8. The van der Waals surface area contributed by atoms with Crippen LogP contribution in [0.4, 0.5) is 16.2 Å². The Kier molecular flexibility index (Phi) is 10.0. The van der Waals surface area contributed by atoms with Crippen LogP contribution in [0.1, 0.15) is 23.6 Å². The third kappa shape index (κ3) is 8.35. The zero-order valence-corrected chi connectivity index (χ0v) is 22.7. The fourth-order valence-electron chi connectivity index (χ4n) is 4.43. The molecule has 1 fully saturated rings. The number of nitrogen functional groups attached to an aromatic ring is 1. The second kappa shape index (κ2) is 13.8. The molecule has 39 heavy (non-hydrogen) atoms. The second-order valence-electron chi connectivity index (χ2n) is 9.73. The van der Waals surface area contributed by atoms with Gasteiger partial charge in [-0.1, -0.05) is 48.5 Å². The molecule has 3 N–H and O–H groups in total. The van der Waals surface area contributed by atoms with Gasteiger partial charge in [0.25, 0.3) is 0 Å². The van der Waals surface area contributed by atoms with Crippen molar-refractivity contribution in [2.45, 2.75) is 32.7 Å². The Bertz CT molecular complexity index is 1180. The van der Waals surface area contributed by atoms with Crippen LogP contribution in [0.3, 0.4) is 0 Å². The lowest BCUT2D eigenvalue weighted by Crippen LogP contribution is -2.46. The van der Waals surface area contributed by atoms with E-state index in [0.717, 1.165) is 66.0 Å². The zero-order chi connectivity index (χ0) is 27.6. The molecule has 0 aromatic heterocycles. The highest BCUT2D eigenvalue weighted by molar-refractivity contribution is 5.67. The molecule has 0 bridgehead atoms. The topological polar surface area (TPSA) is 101 Å². The van der Waals surface area contributed by atoms with Gasteiger partial charge in [-0.25, -0.2) is 4.79 Å². The minimum atomic E-state index is -0.731. The van der Waals surface area contributed by atoms with E-state index in [9.17, 15) is 9.90 Å². The molecule has 4 rings (SSSR count). The maximum Gasteiger partial charge on any atom is 0.434 e. The Morgan fingerprint density at radius 2 is 1.67 bits per heavy atom. The van der Waals surface area contributed by atoms with Crippen LogP contribution in [0, 0.1) is 0 Å². The van der Waals surface area contributed by atoms with Gasteiger partial charge in [-0.3, -0.25) is 9.74 Å². The van der Waals surface area contributed by atoms with Gasteiger partial charge in [0.05, 0.1) is 25.4 Å². The number of methoxy groups -OCH3 is 1. The summed E-state index contributed by atoms with van der Waals surface area (Å²) in [6.07, 6.45) is -1.35. The Balaban J connectivity index is 1.41. The molecule has 3 aromatic carbocycles. The number of hydrogen-bond donors (Lipinski definition) is 2. The van der Waals surface area contributed by atoms with Crippen LogP contribution in [0.5, 0.6) is 5.75 Å². The van der Waals surface area contributed by atoms with Crippen molar-refractivity contribution in [2.24, 2.45) is 0 Å². The minimum Gasteiger partial charge on any atom is -0.495 e. The molecule has 1 atom stereocenters. The number of piperazine rings is 1. The van der Waals surface area contributed by atoms with E-state index < -0.39 is 12.2 Å². The average molecular weight is 535 g/mol. The molecule has 9 nitrogen and oxygen atoms in total. The highest BCUT2D eigenvalue weighted by Crippen LogP contribution is 2.31. The van der Waals surface area contributed by atoms with Crippen LogP contribution in [0.15, 0.2) is 72.8 Å². The standard InChI is InChI=1S/C30H38N4O5/c1-23(35)21-39-34(30(36)38-22-25-6-4-3-5-7-25)20-26-10-13-29(37-2)28(18-26)33-16-14-32(15-17-33)19-24-8-11-27(31)12-9-24/h3-13,18,23,35H,14-17,19-22,31H2,1-2H3. The minimum absolute atomic E-state index is 0.0284. The summed E-state index contributed by atoms with van der Waals surface area (Å²) in [4.78, 5) is 23.2. The number of benzene rings is 3. The van der Waals surface area contributed by atoms with Crippen LogP contribution in [0.2, 0.25) is 0 Å². The third-order valence-electron chi connectivity index (χ3n) is 6.55. The predicted molar refractivity (Wildman–Crippen MR) is 151 cm³/mol. The van der Waals surface area contributed by atoms with Crippen molar-refractivity contribution >= 4 is 17.5 Å². The van der Waals surface area contributed by atoms with Crippen LogP contribution < -0.4 is 15.4 Å². The fraction of sp³-hybridized carbons (Fsp3) is 0.367. The Hall–Kier alpha value is -3.79. The van der Waals surface area contributed by atoms with Gasteiger partial charge in [0.1, 0.15) is 19.0 Å². The van der Waals surface area contributed by atoms with E-state index in [2.05, 4.69) is 21.9 Å². The summed E-state index contributed by atoms with van der Waals surface area (Å²) in [5, 5.41) is 10.9. The van der Waals surface area contributed by atoms with Gasteiger partial charge in [-0.15, -0.1) is 0 Å². The molecular weight excluding hydrogens is 496 g/mol. The van der Waals surface area contributed by atoms with Crippen LogP contribution in [-0.2, 0) is 29.3 Å². The van der Waals surface area contributed by atoms with Crippen molar-refractivity contribution in [3.05, 3.63) is 89.5 Å². The van der Waals surface area contributed by atoms with Crippen LogP contribution >= 0.6 is 0 Å². The summed E-state index contributed by atoms with van der Waals surface area (Å²) < 4.78 is 11.2. The summed E-state index contributed by atoms with van der Waals surface area (Å²) in [5.74, 6) is 0.772. The molecule has 0 spiro atoms. The normalized spacial score (nSPS) is 14.6. The number of carbonyl (C=O) groups excluding carboxylic acids is 1. The monoisotopic (exact) mass is 534 g/mol. The molecule has 0 aliphatic carbocycles. The van der Waals surface area contributed by atoms with E-state index >= 15 is 0 Å². The second-order valence-corrected chi connectivity index (χ2v) is 9.73. The van der Waals surface area contributed by atoms with E-state index in [1.54, 1.807) is 14.0 Å². The van der Waals surface area contributed by atoms with E-state index in [1.807, 2.05) is 60.7 Å². The van der Waals surface area contributed by atoms with E-state index in [-0.39, 0.29) is 19.8 Å². The molecule has 0 radical (unpaired) electrons. The summed E-state index contributed by atoms with van der Waals surface area (Å²) in [6.45, 7) is 6.25. The first-order valence-corrected chi connectivity index (χ1v) is 13.2. The molecule has 208 valence electrons. The van der Waals surface area contributed by atoms with Crippen molar-refractivity contribution in [1.29, 1.82) is 0 Å². The third-order valence-corrected chi connectivity index (χ3v) is 6.55. The van der Waals surface area contributed by atoms with Gasteiger partial charge >= 0.3 is 6.09 Å². The SMILES string of the molecule is COc1ccc(CN(OCC(C)O)C(=O)OCc2ccccc2)cc1N1CCN(Cc2ccc(N)cc2)CC1. The molecule has 3 aromatic rings. The largest absolute Gasteiger partial charge is 0.495 e. The summed E-state index contributed by atoms with van der Waals surface area (Å²) in [6, 6.07) is 23.3. The predicted octanol–water partition coefficient (Wildman–Crippen LogP) is 4.05. The van der Waals surface area contributed by atoms with Crippen molar-refractivity contribution in [2.75, 3.05) is 50.5 Å². The Morgan fingerprint density at radius 1 is 0.974 bits per heavy atom. The number of aliphatic hydroxyl groups is 1. The van der Waals surface area contributed by atoms with E-state index in [1.165, 1.54) is 5.56 Å². The molecule has 1 heterocycles. The van der Waals surface area contributed by atoms with Gasteiger partial charge in [0, 0.05) is 38.4 Å². The quantitative estimate of drug-likeness (QED) is 0.281. The Morgan fingerprint density at radius 3 is 2.33 bits per heavy atom. The van der Waals surface area contributed by atoms with Crippen molar-refractivity contribution in [3.8, 4) is 5.75 Å². The number of nitrogens with two attached hydrogens (primary N) is 1. The lowest BCUT2D eigenvalue weighted by Gasteiger charge is -2.37. The smallest absolute Gasteiger partial charge is 0.434 e. The van der Waals surface area contributed by atoms with Crippen molar-refractivity contribution in [3.63, 3.8) is 0 Å². The summed E-state index contributed by atoms with van der Waals surface area (Å²) in [5.41, 5.74) is 10.5. The first-order chi connectivity index (χ1) is 18.9. The van der Waals surface area contributed by atoms with E-state index in [0.29, 0.717) is 0 Å². The lowest BCUT2D eigenvalue weighted by molar-refractivity contribution is -0.161. The number of aliphatic hydroxyl groups excluding tert-OH is 1. The fourth-order valence-corrected chi connectivity index (χ4v) is 4.43. The number of nitrogens with zero attached hydrogens (tertiary/aromatic N) is 3. The maximum atomic E-state index is 12.9. The van der Waals surface area contributed by atoms with Crippen molar-refractivity contribution in [1.82, 2.24) is 9.96 Å². The zero-order valence-electron chi connectivity index (χ0n) is 22.7. The summed E-state index contributed by atoms with van der Waals surface area (Å²) in [7, 11) is 1.66. The van der Waals surface area contributed by atoms with Gasteiger partial charge in [0.15, 0.2) is 0 Å². The lowest BCUT2D eigenvalue weighted by atomic mass is 10.1. The van der Waals surface area contributed by atoms with Gasteiger partial charge in [-0.2, -0.15) is 5.06 Å². The first-order valence-electron chi connectivity index (χ1n) is 13.2. The van der Waals surface area contributed by atoms with Gasteiger partial charge in [-0.05, 0) is 47.9 Å². The van der Waals surface area contributed by atoms with E-state index in [4.69, 9.17) is 20.0 Å². The molecule has 1 unspecified atom stereocenters. The maximum absolute atomic E-state index is 12.9.